The average molecular weight is 456 g/mol. The Morgan fingerprint density at radius 3 is 2.20 bits per heavy atom. The third-order valence-electron chi connectivity index (χ3n) is 8.02. The van der Waals surface area contributed by atoms with E-state index in [0.29, 0.717) is 0 Å². The molecule has 4 aromatic carbocycles. The highest BCUT2D eigenvalue weighted by atomic mass is 15.0. The Balaban J connectivity index is 1.89. The van der Waals surface area contributed by atoms with Gasteiger partial charge in [0.15, 0.2) is 6.20 Å². The van der Waals surface area contributed by atoms with Gasteiger partial charge in [-0.15, -0.1) is 0 Å². The van der Waals surface area contributed by atoms with Crippen LogP contribution >= 0.6 is 0 Å². The van der Waals surface area contributed by atoms with Gasteiger partial charge in [0.05, 0.1) is 27.3 Å². The van der Waals surface area contributed by atoms with Crippen molar-refractivity contribution in [1.82, 2.24) is 4.40 Å². The first-order valence-electron chi connectivity index (χ1n) is 12.7. The van der Waals surface area contributed by atoms with E-state index < -0.39 is 0 Å². The van der Waals surface area contributed by atoms with Gasteiger partial charge in [-0.25, -0.2) is 4.57 Å². The minimum atomic E-state index is 0.220. The lowest BCUT2D eigenvalue weighted by Gasteiger charge is -2.19. The molecule has 7 aromatic rings. The summed E-state index contributed by atoms with van der Waals surface area (Å²) < 4.78 is 4.93. The second-order valence-electron chi connectivity index (χ2n) is 11.6. The second-order valence-corrected chi connectivity index (χ2v) is 11.6. The summed E-state index contributed by atoms with van der Waals surface area (Å²) >= 11 is 0. The summed E-state index contributed by atoms with van der Waals surface area (Å²) in [5, 5.41) is 9.53. The quantitative estimate of drug-likeness (QED) is 0.134. The van der Waals surface area contributed by atoms with Crippen molar-refractivity contribution < 1.29 is 4.57 Å². The van der Waals surface area contributed by atoms with E-state index in [1.807, 2.05) is 0 Å². The largest absolute Gasteiger partial charge is 0.307 e. The Morgan fingerprint density at radius 2 is 1.46 bits per heavy atom. The molecule has 0 aliphatic carbocycles. The van der Waals surface area contributed by atoms with Crippen LogP contribution in [0.15, 0.2) is 66.9 Å². The molecule has 0 aliphatic rings. The Kier molecular flexibility index (Phi) is 3.98. The molecule has 0 amide bonds. The van der Waals surface area contributed by atoms with Crippen molar-refractivity contribution in [3.63, 3.8) is 0 Å². The van der Waals surface area contributed by atoms with Gasteiger partial charge >= 0.3 is 0 Å². The lowest BCUT2D eigenvalue weighted by molar-refractivity contribution is -0.643. The van der Waals surface area contributed by atoms with Crippen molar-refractivity contribution in [2.75, 3.05) is 0 Å². The van der Waals surface area contributed by atoms with Crippen LogP contribution in [0.5, 0.6) is 0 Å². The van der Waals surface area contributed by atoms with Gasteiger partial charge in [0.2, 0.25) is 5.52 Å². The molecule has 0 saturated heterocycles. The van der Waals surface area contributed by atoms with E-state index in [4.69, 9.17) is 0 Å². The number of fused-ring (bicyclic) bond motifs is 7. The van der Waals surface area contributed by atoms with Crippen molar-refractivity contribution in [2.45, 2.75) is 41.0 Å². The third-order valence-corrected chi connectivity index (χ3v) is 8.02. The van der Waals surface area contributed by atoms with Gasteiger partial charge in [0.1, 0.15) is 7.05 Å². The van der Waals surface area contributed by atoms with Crippen LogP contribution in [0.4, 0.5) is 0 Å². The molecule has 3 aromatic heterocycles. The van der Waals surface area contributed by atoms with Crippen LogP contribution in [0.3, 0.4) is 0 Å². The number of hydrogen-bond donors (Lipinski definition) is 0. The first kappa shape index (κ1) is 20.7. The molecule has 0 aliphatic heterocycles. The van der Waals surface area contributed by atoms with Crippen LogP contribution in [0.2, 0.25) is 0 Å². The third kappa shape index (κ3) is 2.63. The molecule has 0 fully saturated rings. The zero-order valence-electron chi connectivity index (χ0n) is 21.5. The van der Waals surface area contributed by atoms with Crippen molar-refractivity contribution >= 4 is 59.8 Å². The molecular formula is C33H31N2+. The zero-order chi connectivity index (χ0) is 24.2. The van der Waals surface area contributed by atoms with Gasteiger partial charge in [-0.2, -0.15) is 0 Å². The highest BCUT2D eigenvalue weighted by molar-refractivity contribution is 6.29. The normalized spacial score (nSPS) is 13.0. The van der Waals surface area contributed by atoms with Crippen molar-refractivity contribution in [3.05, 3.63) is 83.6 Å². The molecular weight excluding hydrogens is 424 g/mol. The summed E-state index contributed by atoms with van der Waals surface area (Å²) in [5.74, 6) is 0. The van der Waals surface area contributed by atoms with Gasteiger partial charge in [-0.05, 0) is 64.6 Å². The number of aryl methyl sites for hydroxylation is 3. The maximum absolute atomic E-state index is 2.59. The van der Waals surface area contributed by atoms with Crippen LogP contribution in [0, 0.1) is 19.3 Å². The highest BCUT2D eigenvalue weighted by Crippen LogP contribution is 2.44. The average Bonchev–Trinajstić information content (AvgIpc) is 3.17. The summed E-state index contributed by atoms with van der Waals surface area (Å²) in [4.78, 5) is 0. The maximum Gasteiger partial charge on any atom is 0.224 e. The fourth-order valence-corrected chi connectivity index (χ4v) is 6.66. The Bertz CT molecular complexity index is 1980. The first-order valence-corrected chi connectivity index (χ1v) is 12.7. The molecule has 7 rings (SSSR count). The molecule has 0 N–H and O–H groups in total. The van der Waals surface area contributed by atoms with E-state index in [1.165, 1.54) is 76.5 Å². The predicted molar refractivity (Wildman–Crippen MR) is 150 cm³/mol. The topological polar surface area (TPSA) is 8.29 Å². The fraction of sp³-hybridized carbons (Fsp3) is 0.242. The monoisotopic (exact) mass is 455 g/mol. The van der Waals surface area contributed by atoms with E-state index in [-0.39, 0.29) is 5.41 Å². The smallest absolute Gasteiger partial charge is 0.224 e. The van der Waals surface area contributed by atoms with Crippen LogP contribution in [-0.4, -0.2) is 4.40 Å². The van der Waals surface area contributed by atoms with Crippen LogP contribution < -0.4 is 4.57 Å². The molecule has 2 heteroatoms. The Labute approximate surface area is 205 Å². The number of hydrogen-bond acceptors (Lipinski definition) is 0. The molecule has 0 saturated carbocycles. The van der Waals surface area contributed by atoms with E-state index in [1.54, 1.807) is 0 Å². The first-order chi connectivity index (χ1) is 16.8. The summed E-state index contributed by atoms with van der Waals surface area (Å²) in [5.41, 5.74) is 9.74. The number of rotatable bonds is 1. The maximum atomic E-state index is 2.59. The molecule has 0 spiro atoms. The Morgan fingerprint density at radius 1 is 0.714 bits per heavy atom. The molecule has 172 valence electrons. The summed E-state index contributed by atoms with van der Waals surface area (Å²) in [7, 11) is 2.20. The van der Waals surface area contributed by atoms with Crippen LogP contribution in [0.25, 0.3) is 59.8 Å². The van der Waals surface area contributed by atoms with E-state index in [9.17, 15) is 0 Å². The lowest BCUT2D eigenvalue weighted by atomic mass is 9.86. The predicted octanol–water partition coefficient (Wildman–Crippen LogP) is 8.17. The van der Waals surface area contributed by atoms with Gasteiger partial charge in [-0.3, -0.25) is 0 Å². The van der Waals surface area contributed by atoms with Gasteiger partial charge in [-0.1, -0.05) is 69.3 Å². The van der Waals surface area contributed by atoms with Gasteiger partial charge in [0.25, 0.3) is 0 Å². The van der Waals surface area contributed by atoms with Gasteiger partial charge < -0.3 is 4.40 Å². The molecule has 2 nitrogen and oxygen atoms in total. The van der Waals surface area contributed by atoms with E-state index >= 15 is 0 Å². The molecule has 35 heavy (non-hydrogen) atoms. The van der Waals surface area contributed by atoms with E-state index in [0.717, 1.165) is 6.42 Å². The highest BCUT2D eigenvalue weighted by Gasteiger charge is 2.27. The standard InChI is InChI=1S/C33H31N2/c1-19-23-11-7-8-12-24(23)20(2)30-27(19)32-29-21(16-17-34(32)6)14-15-25-28-22(18-33(3,4)5)10-9-13-26(28)35(30)31(25)29/h7-17H,18H2,1-6H3/q+1. The van der Waals surface area contributed by atoms with Crippen molar-refractivity contribution in [1.29, 1.82) is 0 Å². The minimum Gasteiger partial charge on any atom is -0.307 e. The van der Waals surface area contributed by atoms with Crippen LogP contribution in [0.1, 0.15) is 37.5 Å². The van der Waals surface area contributed by atoms with Crippen molar-refractivity contribution in [2.24, 2.45) is 12.5 Å². The molecule has 0 atom stereocenters. The summed E-state index contributed by atoms with van der Waals surface area (Å²) in [6.07, 6.45) is 3.28. The fourth-order valence-electron chi connectivity index (χ4n) is 6.66. The van der Waals surface area contributed by atoms with Gasteiger partial charge in [0, 0.05) is 16.8 Å². The molecule has 0 bridgehead atoms. The zero-order valence-corrected chi connectivity index (χ0v) is 21.5. The number of benzene rings is 4. The number of pyridine rings is 2. The number of nitrogens with zero attached hydrogens (tertiary/aromatic N) is 2. The molecule has 3 heterocycles. The van der Waals surface area contributed by atoms with Crippen LogP contribution in [-0.2, 0) is 13.5 Å². The second kappa shape index (κ2) is 6.73. The minimum absolute atomic E-state index is 0.220. The SMILES string of the molecule is Cc1c2ccccc2c(C)c2c1c1c3c(ccc4c5c(CC(C)(C)C)cccc5n2c43)cc[n+]1C. The van der Waals surface area contributed by atoms with Crippen molar-refractivity contribution in [3.8, 4) is 0 Å². The molecule has 0 radical (unpaired) electrons. The molecule has 0 unspecified atom stereocenters. The summed E-state index contributed by atoms with van der Waals surface area (Å²) in [6.45, 7) is 11.6. The number of aromatic nitrogens is 2. The van der Waals surface area contributed by atoms with E-state index in [2.05, 4.69) is 117 Å². The lowest BCUT2D eigenvalue weighted by Crippen LogP contribution is -2.29. The summed E-state index contributed by atoms with van der Waals surface area (Å²) in [6, 6.07) is 22.8. The Hall–Kier alpha value is -3.65.